The fourth-order valence-electron chi connectivity index (χ4n) is 2.24. The number of hydrogen-bond acceptors (Lipinski definition) is 3. The predicted octanol–water partition coefficient (Wildman–Crippen LogP) is 4.46. The van der Waals surface area contributed by atoms with Crippen molar-refractivity contribution in [1.29, 1.82) is 0 Å². The molecule has 0 atom stereocenters. The Morgan fingerprint density at radius 2 is 2.10 bits per heavy atom. The molecular formula is C15H19BrClN3O. The van der Waals surface area contributed by atoms with Crippen molar-refractivity contribution < 1.29 is 4.74 Å². The second kappa shape index (κ2) is 6.71. The Labute approximate surface area is 138 Å². The van der Waals surface area contributed by atoms with Crippen LogP contribution >= 0.6 is 27.5 Å². The zero-order chi connectivity index (χ0) is 15.6. The molecule has 0 aliphatic rings. The van der Waals surface area contributed by atoms with Crippen LogP contribution < -0.4 is 10.1 Å². The molecule has 0 unspecified atom stereocenters. The quantitative estimate of drug-likeness (QED) is 0.842. The highest BCUT2D eigenvalue weighted by Crippen LogP contribution is 2.37. The summed E-state index contributed by atoms with van der Waals surface area (Å²) in [5.41, 5.74) is 4.25. The fraction of sp³-hybridized carbons (Fsp3) is 0.400. The normalized spacial score (nSPS) is 10.8. The third-order valence-electron chi connectivity index (χ3n) is 3.41. The van der Waals surface area contributed by atoms with Gasteiger partial charge in [0.05, 0.1) is 22.5 Å². The number of nitrogens with one attached hydrogen (secondary N) is 1. The molecule has 0 saturated carbocycles. The lowest BCUT2D eigenvalue weighted by molar-refractivity contribution is 0.339. The van der Waals surface area contributed by atoms with Gasteiger partial charge in [0.15, 0.2) is 5.75 Å². The first-order valence-corrected chi connectivity index (χ1v) is 7.96. The number of aryl methyl sites for hydroxylation is 2. The molecule has 0 radical (unpaired) electrons. The molecule has 0 fully saturated rings. The fourth-order valence-corrected chi connectivity index (χ4v) is 3.16. The summed E-state index contributed by atoms with van der Waals surface area (Å²) in [6.07, 6.45) is 0. The molecule has 1 heterocycles. The van der Waals surface area contributed by atoms with E-state index >= 15 is 0 Å². The van der Waals surface area contributed by atoms with Crippen LogP contribution in [0.2, 0.25) is 5.02 Å². The van der Waals surface area contributed by atoms with E-state index in [0.717, 1.165) is 27.3 Å². The summed E-state index contributed by atoms with van der Waals surface area (Å²) in [7, 11) is 1.95. The molecule has 21 heavy (non-hydrogen) atoms. The van der Waals surface area contributed by atoms with E-state index in [1.54, 1.807) is 0 Å². The summed E-state index contributed by atoms with van der Waals surface area (Å²) in [4.78, 5) is 0. The van der Waals surface area contributed by atoms with Gasteiger partial charge in [-0.3, -0.25) is 4.68 Å². The summed E-state index contributed by atoms with van der Waals surface area (Å²) >= 11 is 9.62. The number of benzene rings is 1. The van der Waals surface area contributed by atoms with E-state index < -0.39 is 0 Å². The van der Waals surface area contributed by atoms with Gasteiger partial charge in [-0.2, -0.15) is 5.10 Å². The number of halogens is 2. The van der Waals surface area contributed by atoms with E-state index in [1.165, 1.54) is 5.56 Å². The first kappa shape index (κ1) is 16.2. The van der Waals surface area contributed by atoms with Gasteiger partial charge in [-0.05, 0) is 48.8 Å². The van der Waals surface area contributed by atoms with Gasteiger partial charge < -0.3 is 10.1 Å². The first-order chi connectivity index (χ1) is 9.93. The summed E-state index contributed by atoms with van der Waals surface area (Å²) in [6.45, 7) is 7.31. The highest BCUT2D eigenvalue weighted by molar-refractivity contribution is 9.10. The Bertz CT molecular complexity index is 655. The Morgan fingerprint density at radius 3 is 2.67 bits per heavy atom. The molecule has 2 rings (SSSR count). The molecule has 0 aliphatic heterocycles. The average molecular weight is 373 g/mol. The van der Waals surface area contributed by atoms with Crippen molar-refractivity contribution in [3.05, 3.63) is 38.6 Å². The molecule has 0 bridgehead atoms. The summed E-state index contributed by atoms with van der Waals surface area (Å²) in [5, 5.41) is 8.48. The van der Waals surface area contributed by atoms with Crippen molar-refractivity contribution in [2.45, 2.75) is 27.3 Å². The Morgan fingerprint density at radius 1 is 1.38 bits per heavy atom. The van der Waals surface area contributed by atoms with Gasteiger partial charge in [0.1, 0.15) is 0 Å². The summed E-state index contributed by atoms with van der Waals surface area (Å²) in [5.74, 6) is 0.779. The van der Waals surface area contributed by atoms with Crippen LogP contribution in [0, 0.1) is 13.8 Å². The molecule has 0 spiro atoms. The third kappa shape index (κ3) is 3.52. The van der Waals surface area contributed by atoms with Gasteiger partial charge in [-0.25, -0.2) is 0 Å². The van der Waals surface area contributed by atoms with E-state index in [0.29, 0.717) is 18.2 Å². The molecule has 114 valence electrons. The van der Waals surface area contributed by atoms with Crippen LogP contribution in [0.1, 0.15) is 23.9 Å². The topological polar surface area (TPSA) is 39.1 Å². The van der Waals surface area contributed by atoms with E-state index in [2.05, 4.69) is 33.3 Å². The molecule has 1 N–H and O–H groups in total. The van der Waals surface area contributed by atoms with Crippen LogP contribution in [0.5, 0.6) is 5.75 Å². The molecule has 0 aliphatic carbocycles. The molecule has 0 saturated heterocycles. The van der Waals surface area contributed by atoms with Gasteiger partial charge in [-0.1, -0.05) is 11.6 Å². The number of ether oxygens (including phenoxy) is 1. The van der Waals surface area contributed by atoms with Gasteiger partial charge in [0.25, 0.3) is 0 Å². The Kier molecular flexibility index (Phi) is 5.17. The maximum atomic E-state index is 6.13. The van der Waals surface area contributed by atoms with Gasteiger partial charge in [-0.15, -0.1) is 0 Å². The highest BCUT2D eigenvalue weighted by Gasteiger charge is 2.13. The van der Waals surface area contributed by atoms with Crippen molar-refractivity contribution in [1.82, 2.24) is 9.78 Å². The Hall–Kier alpha value is -1.20. The molecule has 1 aromatic heterocycles. The zero-order valence-electron chi connectivity index (χ0n) is 12.6. The first-order valence-electron chi connectivity index (χ1n) is 6.78. The molecule has 6 heteroatoms. The maximum absolute atomic E-state index is 6.13. The zero-order valence-corrected chi connectivity index (χ0v) is 15.0. The molecule has 4 nitrogen and oxygen atoms in total. The maximum Gasteiger partial charge on any atom is 0.156 e. The number of hydrogen-bond donors (Lipinski definition) is 1. The van der Waals surface area contributed by atoms with E-state index in [4.69, 9.17) is 16.3 Å². The van der Waals surface area contributed by atoms with Gasteiger partial charge in [0, 0.05) is 29.9 Å². The van der Waals surface area contributed by atoms with Crippen LogP contribution in [0.15, 0.2) is 16.6 Å². The van der Waals surface area contributed by atoms with Crippen LogP contribution in [-0.4, -0.2) is 16.4 Å². The molecular weight excluding hydrogens is 354 g/mol. The average Bonchev–Trinajstić information content (AvgIpc) is 2.65. The number of aromatic nitrogens is 2. The largest absolute Gasteiger partial charge is 0.491 e. The van der Waals surface area contributed by atoms with Crippen LogP contribution in [0.25, 0.3) is 0 Å². The lowest BCUT2D eigenvalue weighted by Crippen LogP contribution is -2.05. The molecule has 1 aromatic carbocycles. The van der Waals surface area contributed by atoms with Crippen LogP contribution in [-0.2, 0) is 13.6 Å². The van der Waals surface area contributed by atoms with Gasteiger partial charge >= 0.3 is 0 Å². The van der Waals surface area contributed by atoms with Crippen LogP contribution in [0.3, 0.4) is 0 Å². The lowest BCUT2D eigenvalue weighted by atomic mass is 10.2. The van der Waals surface area contributed by atoms with Crippen molar-refractivity contribution in [3.8, 4) is 5.75 Å². The number of nitrogens with zero attached hydrogens (tertiary/aromatic N) is 2. The number of anilines is 1. The van der Waals surface area contributed by atoms with Crippen molar-refractivity contribution >= 4 is 33.2 Å². The SMILES string of the molecule is CCOc1c(Br)cc(Cl)cc1NCc1c(C)nn(C)c1C. The van der Waals surface area contributed by atoms with E-state index in [-0.39, 0.29) is 0 Å². The predicted molar refractivity (Wildman–Crippen MR) is 90.3 cm³/mol. The van der Waals surface area contributed by atoms with Crippen molar-refractivity contribution in [2.75, 3.05) is 11.9 Å². The lowest BCUT2D eigenvalue weighted by Gasteiger charge is -2.15. The second-order valence-corrected chi connectivity index (χ2v) is 6.11. The monoisotopic (exact) mass is 371 g/mol. The minimum absolute atomic E-state index is 0.597. The highest BCUT2D eigenvalue weighted by atomic mass is 79.9. The standard InChI is InChI=1S/C15H19BrClN3O/c1-5-21-15-13(16)6-11(17)7-14(15)18-8-12-9(2)19-20(4)10(12)3/h6-7,18H,5,8H2,1-4H3. The molecule has 2 aromatic rings. The second-order valence-electron chi connectivity index (χ2n) is 4.82. The number of rotatable bonds is 5. The van der Waals surface area contributed by atoms with Gasteiger partial charge in [0.2, 0.25) is 0 Å². The van der Waals surface area contributed by atoms with E-state index in [9.17, 15) is 0 Å². The third-order valence-corrected chi connectivity index (χ3v) is 4.22. The minimum Gasteiger partial charge on any atom is -0.491 e. The van der Waals surface area contributed by atoms with Crippen molar-refractivity contribution in [3.63, 3.8) is 0 Å². The Balaban J connectivity index is 2.27. The summed E-state index contributed by atoms with van der Waals surface area (Å²) in [6, 6.07) is 3.71. The van der Waals surface area contributed by atoms with Crippen molar-refractivity contribution in [2.24, 2.45) is 7.05 Å². The molecule has 0 amide bonds. The summed E-state index contributed by atoms with van der Waals surface area (Å²) < 4.78 is 8.43. The van der Waals surface area contributed by atoms with Crippen LogP contribution in [0.4, 0.5) is 5.69 Å². The smallest absolute Gasteiger partial charge is 0.156 e. The minimum atomic E-state index is 0.597. The van der Waals surface area contributed by atoms with E-state index in [1.807, 2.05) is 37.7 Å².